The Balaban J connectivity index is 0.00000320. The number of hydrogen-bond acceptors (Lipinski definition) is 4. The number of aryl methyl sites for hydroxylation is 1. The topological polar surface area (TPSA) is 88.4 Å². The molecule has 0 radical (unpaired) electrons. The molecule has 160 valence electrons. The maximum absolute atomic E-state index is 11.8. The Labute approximate surface area is 194 Å². The Morgan fingerprint density at radius 1 is 1.10 bits per heavy atom. The van der Waals surface area contributed by atoms with E-state index >= 15 is 0 Å². The Hall–Kier alpha value is -2.40. The molecule has 3 rings (SSSR count). The van der Waals surface area contributed by atoms with E-state index in [2.05, 4.69) is 20.7 Å². The Kier molecular flexibility index (Phi) is 8.42. The number of aromatic nitrogens is 2. The van der Waals surface area contributed by atoms with Crippen molar-refractivity contribution in [2.45, 2.75) is 24.9 Å². The highest BCUT2D eigenvalue weighted by molar-refractivity contribution is 14.0. The first kappa shape index (κ1) is 23.9. The van der Waals surface area contributed by atoms with Gasteiger partial charge in [0.2, 0.25) is 0 Å². The van der Waals surface area contributed by atoms with Crippen LogP contribution >= 0.6 is 24.0 Å². The molecule has 2 aromatic carbocycles. The second-order valence-corrected chi connectivity index (χ2v) is 8.71. The molecule has 7 nitrogen and oxygen atoms in total. The van der Waals surface area contributed by atoms with Crippen molar-refractivity contribution in [1.29, 1.82) is 0 Å². The van der Waals surface area contributed by atoms with Crippen molar-refractivity contribution in [3.63, 3.8) is 0 Å². The molecule has 0 unspecified atom stereocenters. The standard InChI is InChI=1S/C21H25N5O2S.HI/c1-16-13-17(9-10-20(16)29(3,27)28)14-23-21(22-2)24-15-18-7-4-5-8-19(18)26-12-6-11-25-26;/h4-13H,14-15H2,1-3H3,(H2,22,23,24);1H. The molecule has 0 aliphatic heterocycles. The first-order valence-electron chi connectivity index (χ1n) is 9.20. The summed E-state index contributed by atoms with van der Waals surface area (Å²) in [7, 11) is -1.50. The van der Waals surface area contributed by atoms with Crippen LogP contribution in [0.2, 0.25) is 0 Å². The molecule has 0 amide bonds. The van der Waals surface area contributed by atoms with E-state index in [9.17, 15) is 8.42 Å². The summed E-state index contributed by atoms with van der Waals surface area (Å²) in [6.07, 6.45) is 4.89. The van der Waals surface area contributed by atoms with Gasteiger partial charge in [-0.05, 0) is 41.8 Å². The average molecular weight is 539 g/mol. The van der Waals surface area contributed by atoms with E-state index in [1.54, 1.807) is 26.2 Å². The third-order valence-electron chi connectivity index (χ3n) is 4.51. The number of halogens is 1. The van der Waals surface area contributed by atoms with Gasteiger partial charge in [0.05, 0.1) is 10.6 Å². The van der Waals surface area contributed by atoms with Crippen LogP contribution in [0.4, 0.5) is 0 Å². The van der Waals surface area contributed by atoms with Crippen LogP contribution in [0.3, 0.4) is 0 Å². The van der Waals surface area contributed by atoms with Gasteiger partial charge in [-0.3, -0.25) is 4.99 Å². The van der Waals surface area contributed by atoms with Gasteiger partial charge in [-0.25, -0.2) is 13.1 Å². The van der Waals surface area contributed by atoms with Gasteiger partial charge in [0.25, 0.3) is 0 Å². The van der Waals surface area contributed by atoms with Crippen LogP contribution in [0.25, 0.3) is 5.69 Å². The normalized spacial score (nSPS) is 11.6. The van der Waals surface area contributed by atoms with Crippen molar-refractivity contribution in [2.75, 3.05) is 13.3 Å². The first-order chi connectivity index (χ1) is 13.9. The quantitative estimate of drug-likeness (QED) is 0.286. The SMILES string of the molecule is CN=C(NCc1ccc(S(C)(=O)=O)c(C)c1)NCc1ccccc1-n1cccn1.I. The maximum Gasteiger partial charge on any atom is 0.191 e. The van der Waals surface area contributed by atoms with Crippen molar-refractivity contribution < 1.29 is 8.42 Å². The number of guanidine groups is 1. The Morgan fingerprint density at radius 2 is 1.83 bits per heavy atom. The monoisotopic (exact) mass is 539 g/mol. The third kappa shape index (κ3) is 6.05. The summed E-state index contributed by atoms with van der Waals surface area (Å²) in [5.74, 6) is 0.658. The van der Waals surface area contributed by atoms with Gasteiger partial charge in [0.1, 0.15) is 0 Å². The molecule has 0 atom stereocenters. The number of nitrogens with one attached hydrogen (secondary N) is 2. The average Bonchev–Trinajstić information content (AvgIpc) is 3.22. The lowest BCUT2D eigenvalue weighted by Gasteiger charge is -2.15. The molecule has 0 bridgehead atoms. The summed E-state index contributed by atoms with van der Waals surface area (Å²) in [4.78, 5) is 4.63. The summed E-state index contributed by atoms with van der Waals surface area (Å²) in [6, 6.07) is 15.3. The van der Waals surface area contributed by atoms with Gasteiger partial charge in [-0.2, -0.15) is 5.10 Å². The lowest BCUT2D eigenvalue weighted by Crippen LogP contribution is -2.36. The van der Waals surface area contributed by atoms with E-state index in [0.29, 0.717) is 23.9 Å². The van der Waals surface area contributed by atoms with Gasteiger partial charge in [0, 0.05) is 38.8 Å². The number of rotatable bonds is 6. The fourth-order valence-electron chi connectivity index (χ4n) is 3.12. The lowest BCUT2D eigenvalue weighted by atomic mass is 10.1. The fourth-order valence-corrected chi connectivity index (χ4v) is 4.08. The van der Waals surface area contributed by atoms with Crippen molar-refractivity contribution in [1.82, 2.24) is 20.4 Å². The molecule has 1 heterocycles. The number of sulfone groups is 1. The summed E-state index contributed by atoms with van der Waals surface area (Å²) in [5.41, 5.74) is 3.82. The van der Waals surface area contributed by atoms with Crippen LogP contribution in [0.1, 0.15) is 16.7 Å². The smallest absolute Gasteiger partial charge is 0.191 e. The molecule has 3 aromatic rings. The van der Waals surface area contributed by atoms with E-state index in [-0.39, 0.29) is 24.0 Å². The second kappa shape index (κ2) is 10.6. The van der Waals surface area contributed by atoms with Crippen molar-refractivity contribution in [2.24, 2.45) is 4.99 Å². The summed E-state index contributed by atoms with van der Waals surface area (Å²) in [6.45, 7) is 2.92. The van der Waals surface area contributed by atoms with Crippen LogP contribution in [0.5, 0.6) is 0 Å². The molecule has 0 fully saturated rings. The van der Waals surface area contributed by atoms with Crippen molar-refractivity contribution in [3.05, 3.63) is 77.6 Å². The highest BCUT2D eigenvalue weighted by atomic mass is 127. The van der Waals surface area contributed by atoms with E-state index in [0.717, 1.165) is 22.4 Å². The zero-order chi connectivity index (χ0) is 20.9. The predicted octanol–water partition coefficient (Wildman–Crippen LogP) is 3.07. The Bertz CT molecular complexity index is 1110. The van der Waals surface area contributed by atoms with E-state index < -0.39 is 9.84 Å². The van der Waals surface area contributed by atoms with Crippen LogP contribution in [-0.4, -0.2) is 37.5 Å². The predicted molar refractivity (Wildman–Crippen MR) is 130 cm³/mol. The molecule has 30 heavy (non-hydrogen) atoms. The Morgan fingerprint density at radius 3 is 2.47 bits per heavy atom. The maximum atomic E-state index is 11.8. The molecule has 0 aliphatic rings. The minimum Gasteiger partial charge on any atom is -0.352 e. The largest absolute Gasteiger partial charge is 0.352 e. The van der Waals surface area contributed by atoms with Gasteiger partial charge in [-0.15, -0.1) is 24.0 Å². The van der Waals surface area contributed by atoms with E-state index in [1.165, 1.54) is 6.26 Å². The van der Waals surface area contributed by atoms with Crippen LogP contribution in [-0.2, 0) is 22.9 Å². The van der Waals surface area contributed by atoms with Crippen LogP contribution in [0, 0.1) is 6.92 Å². The molecule has 0 aliphatic carbocycles. The molecule has 0 saturated heterocycles. The number of benzene rings is 2. The van der Waals surface area contributed by atoms with E-state index in [4.69, 9.17) is 0 Å². The number of nitrogens with zero attached hydrogens (tertiary/aromatic N) is 3. The first-order valence-corrected chi connectivity index (χ1v) is 11.1. The molecular weight excluding hydrogens is 513 g/mol. The zero-order valence-electron chi connectivity index (χ0n) is 17.2. The van der Waals surface area contributed by atoms with Crippen molar-refractivity contribution in [3.8, 4) is 5.69 Å². The minimum atomic E-state index is -3.21. The number of aliphatic imine (C=N–C) groups is 1. The summed E-state index contributed by atoms with van der Waals surface area (Å²) < 4.78 is 25.4. The highest BCUT2D eigenvalue weighted by Crippen LogP contribution is 2.16. The van der Waals surface area contributed by atoms with Crippen LogP contribution in [0.15, 0.2) is 70.8 Å². The number of hydrogen-bond donors (Lipinski definition) is 2. The highest BCUT2D eigenvalue weighted by Gasteiger charge is 2.11. The van der Waals surface area contributed by atoms with Gasteiger partial charge < -0.3 is 10.6 Å². The molecular formula is C21H26IN5O2S. The zero-order valence-corrected chi connectivity index (χ0v) is 20.3. The summed E-state index contributed by atoms with van der Waals surface area (Å²) in [5, 5.41) is 10.9. The molecule has 1 aromatic heterocycles. The van der Waals surface area contributed by atoms with Crippen LogP contribution < -0.4 is 10.6 Å². The van der Waals surface area contributed by atoms with Gasteiger partial charge in [0.15, 0.2) is 15.8 Å². The van der Waals surface area contributed by atoms with Crippen molar-refractivity contribution >= 4 is 39.8 Å². The second-order valence-electron chi connectivity index (χ2n) is 6.73. The summed E-state index contributed by atoms with van der Waals surface area (Å²) >= 11 is 0. The minimum absolute atomic E-state index is 0. The molecule has 9 heteroatoms. The fraction of sp³-hybridized carbons (Fsp3) is 0.238. The van der Waals surface area contributed by atoms with E-state index in [1.807, 2.05) is 53.3 Å². The van der Waals surface area contributed by atoms with Gasteiger partial charge in [-0.1, -0.05) is 30.3 Å². The lowest BCUT2D eigenvalue weighted by molar-refractivity contribution is 0.601. The molecule has 2 N–H and O–H groups in total. The molecule has 0 saturated carbocycles. The third-order valence-corrected chi connectivity index (χ3v) is 5.77. The molecule has 0 spiro atoms. The number of para-hydroxylation sites is 1. The van der Waals surface area contributed by atoms with Gasteiger partial charge >= 0.3 is 0 Å².